The molecule has 2 N–H and O–H groups in total. The van der Waals surface area contributed by atoms with Gasteiger partial charge >= 0.3 is 12.0 Å². The van der Waals surface area contributed by atoms with Crippen LogP contribution in [-0.2, 0) is 9.53 Å². The van der Waals surface area contributed by atoms with Crippen LogP contribution in [0.15, 0.2) is 0 Å². The number of rotatable bonds is 3. The Hall–Kier alpha value is -1.26. The van der Waals surface area contributed by atoms with E-state index in [0.717, 1.165) is 25.7 Å². The normalized spacial score (nSPS) is 18.3. The lowest BCUT2D eigenvalue weighted by Crippen LogP contribution is -2.47. The molecule has 0 unspecified atom stereocenters. The number of hydrogen-bond acceptors (Lipinski definition) is 3. The predicted molar refractivity (Wildman–Crippen MR) is 55.4 cm³/mol. The molecule has 0 spiro atoms. The molecular weight excluding hydrogens is 196 g/mol. The minimum atomic E-state index is -0.601. The van der Waals surface area contributed by atoms with Gasteiger partial charge in [-0.25, -0.2) is 9.59 Å². The van der Waals surface area contributed by atoms with E-state index in [2.05, 4.69) is 15.4 Å². The highest BCUT2D eigenvalue weighted by Crippen LogP contribution is 2.17. The second-order valence-electron chi connectivity index (χ2n) is 3.84. The molecule has 1 saturated carbocycles. The van der Waals surface area contributed by atoms with Gasteiger partial charge in [0.1, 0.15) is 6.04 Å². The van der Waals surface area contributed by atoms with E-state index in [9.17, 15) is 9.59 Å². The number of carbonyl (C=O) groups is 2. The summed E-state index contributed by atoms with van der Waals surface area (Å²) in [5.74, 6) is -0.434. The molecule has 1 aliphatic rings. The average molecular weight is 214 g/mol. The number of methoxy groups -OCH3 is 1. The number of esters is 1. The summed E-state index contributed by atoms with van der Waals surface area (Å²) in [7, 11) is 1.30. The lowest BCUT2D eigenvalue weighted by Gasteiger charge is -2.15. The SMILES string of the molecule is COC(=O)[C@@H](C)NC(=O)NC1CCCC1. The first kappa shape index (κ1) is 11.8. The Labute approximate surface area is 89.6 Å². The molecule has 0 saturated heterocycles. The number of hydrogen-bond donors (Lipinski definition) is 2. The van der Waals surface area contributed by atoms with Gasteiger partial charge in [0, 0.05) is 6.04 Å². The van der Waals surface area contributed by atoms with Crippen LogP contribution in [0.1, 0.15) is 32.6 Å². The molecule has 1 aliphatic carbocycles. The van der Waals surface area contributed by atoms with Crippen LogP contribution in [0.5, 0.6) is 0 Å². The Bertz CT molecular complexity index is 237. The number of nitrogens with one attached hydrogen (secondary N) is 2. The number of amides is 2. The molecule has 0 bridgehead atoms. The fraction of sp³-hybridized carbons (Fsp3) is 0.800. The molecule has 1 atom stereocenters. The molecule has 0 radical (unpaired) electrons. The fourth-order valence-electron chi connectivity index (χ4n) is 1.73. The van der Waals surface area contributed by atoms with E-state index >= 15 is 0 Å². The van der Waals surface area contributed by atoms with E-state index in [-0.39, 0.29) is 12.1 Å². The lowest BCUT2D eigenvalue weighted by atomic mass is 10.2. The molecule has 5 nitrogen and oxygen atoms in total. The average Bonchev–Trinajstić information content (AvgIpc) is 2.68. The van der Waals surface area contributed by atoms with Crippen LogP contribution in [0, 0.1) is 0 Å². The zero-order valence-corrected chi connectivity index (χ0v) is 9.21. The topological polar surface area (TPSA) is 67.4 Å². The largest absolute Gasteiger partial charge is 0.467 e. The van der Waals surface area contributed by atoms with E-state index < -0.39 is 12.0 Å². The predicted octanol–water partition coefficient (Wildman–Crippen LogP) is 0.790. The Kier molecular flexibility index (Phi) is 4.39. The molecular formula is C10H18N2O3. The highest BCUT2D eigenvalue weighted by molar-refractivity contribution is 5.83. The van der Waals surface area contributed by atoms with Gasteiger partial charge in [0.05, 0.1) is 7.11 Å². The van der Waals surface area contributed by atoms with Crippen molar-refractivity contribution in [2.45, 2.75) is 44.7 Å². The van der Waals surface area contributed by atoms with E-state index in [1.165, 1.54) is 7.11 Å². The van der Waals surface area contributed by atoms with E-state index in [0.29, 0.717) is 0 Å². The van der Waals surface area contributed by atoms with Crippen molar-refractivity contribution in [3.63, 3.8) is 0 Å². The zero-order valence-electron chi connectivity index (χ0n) is 9.21. The lowest BCUT2D eigenvalue weighted by molar-refractivity contribution is -0.142. The summed E-state index contributed by atoms with van der Waals surface area (Å²) in [5, 5.41) is 5.36. The zero-order chi connectivity index (χ0) is 11.3. The molecule has 15 heavy (non-hydrogen) atoms. The first-order valence-electron chi connectivity index (χ1n) is 5.28. The number of carbonyl (C=O) groups excluding carboxylic acids is 2. The van der Waals surface area contributed by atoms with Crippen molar-refractivity contribution in [3.8, 4) is 0 Å². The second-order valence-corrected chi connectivity index (χ2v) is 3.84. The molecule has 2 amide bonds. The van der Waals surface area contributed by atoms with Crippen molar-refractivity contribution in [3.05, 3.63) is 0 Å². The van der Waals surface area contributed by atoms with Gasteiger partial charge in [-0.2, -0.15) is 0 Å². The van der Waals surface area contributed by atoms with Gasteiger partial charge in [-0.3, -0.25) is 0 Å². The Morgan fingerprint density at radius 2 is 1.93 bits per heavy atom. The first-order valence-corrected chi connectivity index (χ1v) is 5.28. The van der Waals surface area contributed by atoms with Gasteiger partial charge in [-0.15, -0.1) is 0 Å². The van der Waals surface area contributed by atoms with Crippen LogP contribution in [0.2, 0.25) is 0 Å². The van der Waals surface area contributed by atoms with Crippen LogP contribution in [0.4, 0.5) is 4.79 Å². The molecule has 86 valence electrons. The third-order valence-electron chi connectivity index (χ3n) is 2.59. The molecule has 0 aromatic rings. The summed E-state index contributed by atoms with van der Waals surface area (Å²) in [6, 6.07) is -0.633. The fourth-order valence-corrected chi connectivity index (χ4v) is 1.73. The summed E-state index contributed by atoms with van der Waals surface area (Å²) < 4.78 is 4.50. The minimum Gasteiger partial charge on any atom is -0.467 e. The van der Waals surface area contributed by atoms with E-state index in [1.807, 2.05) is 0 Å². The van der Waals surface area contributed by atoms with Crippen molar-refractivity contribution in [2.75, 3.05) is 7.11 Å². The maximum atomic E-state index is 11.4. The van der Waals surface area contributed by atoms with E-state index in [4.69, 9.17) is 0 Å². The monoisotopic (exact) mass is 214 g/mol. The van der Waals surface area contributed by atoms with Crippen molar-refractivity contribution >= 4 is 12.0 Å². The highest BCUT2D eigenvalue weighted by atomic mass is 16.5. The molecule has 1 rings (SSSR count). The van der Waals surface area contributed by atoms with Gasteiger partial charge in [0.15, 0.2) is 0 Å². The van der Waals surface area contributed by atoms with Crippen LogP contribution in [0.3, 0.4) is 0 Å². The number of ether oxygens (including phenoxy) is 1. The Morgan fingerprint density at radius 1 is 1.33 bits per heavy atom. The summed E-state index contributed by atoms with van der Waals surface area (Å²) >= 11 is 0. The van der Waals surface area contributed by atoms with Gasteiger partial charge < -0.3 is 15.4 Å². The smallest absolute Gasteiger partial charge is 0.328 e. The van der Waals surface area contributed by atoms with Crippen molar-refractivity contribution < 1.29 is 14.3 Å². The van der Waals surface area contributed by atoms with Gasteiger partial charge in [-0.1, -0.05) is 12.8 Å². The van der Waals surface area contributed by atoms with Crippen LogP contribution in [-0.4, -0.2) is 31.2 Å². The molecule has 0 aromatic carbocycles. The molecule has 0 aromatic heterocycles. The summed E-state index contributed by atoms with van der Waals surface area (Å²) in [5.41, 5.74) is 0. The standard InChI is InChI=1S/C10H18N2O3/c1-7(9(13)15-2)11-10(14)12-8-5-3-4-6-8/h7-8H,3-6H2,1-2H3,(H2,11,12,14)/t7-/m1/s1. The van der Waals surface area contributed by atoms with E-state index in [1.54, 1.807) is 6.92 Å². The second kappa shape index (κ2) is 5.58. The van der Waals surface area contributed by atoms with Crippen LogP contribution < -0.4 is 10.6 Å². The molecule has 0 heterocycles. The number of urea groups is 1. The quantitative estimate of drug-likeness (QED) is 0.682. The highest BCUT2D eigenvalue weighted by Gasteiger charge is 2.20. The summed E-state index contributed by atoms with van der Waals surface area (Å²) in [4.78, 5) is 22.4. The van der Waals surface area contributed by atoms with Crippen molar-refractivity contribution in [1.82, 2.24) is 10.6 Å². The van der Waals surface area contributed by atoms with Gasteiger partial charge in [-0.05, 0) is 19.8 Å². The van der Waals surface area contributed by atoms with Gasteiger partial charge in [0.2, 0.25) is 0 Å². The molecule has 5 heteroatoms. The van der Waals surface area contributed by atoms with Crippen molar-refractivity contribution in [1.29, 1.82) is 0 Å². The maximum absolute atomic E-state index is 11.4. The van der Waals surface area contributed by atoms with Crippen molar-refractivity contribution in [2.24, 2.45) is 0 Å². The molecule has 0 aliphatic heterocycles. The third kappa shape index (κ3) is 3.77. The summed E-state index contributed by atoms with van der Waals surface area (Å²) in [6.07, 6.45) is 4.38. The Balaban J connectivity index is 2.25. The first-order chi connectivity index (χ1) is 7.13. The maximum Gasteiger partial charge on any atom is 0.328 e. The van der Waals surface area contributed by atoms with Gasteiger partial charge in [0.25, 0.3) is 0 Å². The Morgan fingerprint density at radius 3 is 2.47 bits per heavy atom. The minimum absolute atomic E-state index is 0.259. The third-order valence-corrected chi connectivity index (χ3v) is 2.59. The van der Waals surface area contributed by atoms with Crippen LogP contribution in [0.25, 0.3) is 0 Å². The summed E-state index contributed by atoms with van der Waals surface area (Å²) in [6.45, 7) is 1.60. The van der Waals surface area contributed by atoms with Crippen LogP contribution >= 0.6 is 0 Å². The molecule has 1 fully saturated rings.